The molecule has 1 amide bonds. The minimum absolute atomic E-state index is 0.140. The molecule has 0 saturated carbocycles. The third-order valence-corrected chi connectivity index (χ3v) is 4.36. The van der Waals surface area contributed by atoms with Gasteiger partial charge in [-0.05, 0) is 26.8 Å². The number of hydrogen-bond donors (Lipinski definition) is 2. The number of nitrogen functional groups attached to an aromatic ring is 1. The van der Waals surface area contributed by atoms with Gasteiger partial charge in [-0.2, -0.15) is 0 Å². The van der Waals surface area contributed by atoms with Crippen molar-refractivity contribution in [1.82, 2.24) is 15.3 Å². The summed E-state index contributed by atoms with van der Waals surface area (Å²) in [7, 11) is 0. The summed E-state index contributed by atoms with van der Waals surface area (Å²) in [5, 5.41) is 4.15. The molecule has 106 valence electrons. The Morgan fingerprint density at radius 1 is 1.50 bits per heavy atom. The minimum atomic E-state index is -0.276. The zero-order chi connectivity index (χ0) is 14.9. The number of carbonyl (C=O) groups excluding carboxylic acids is 1. The Hall–Kier alpha value is -1.66. The second kappa shape index (κ2) is 5.76. The van der Waals surface area contributed by atoms with E-state index in [2.05, 4.69) is 15.3 Å². The average Bonchev–Trinajstić information content (AvgIpc) is 2.71. The van der Waals surface area contributed by atoms with E-state index < -0.39 is 0 Å². The van der Waals surface area contributed by atoms with E-state index in [4.69, 9.17) is 17.3 Å². The molecule has 1 atom stereocenters. The fourth-order valence-corrected chi connectivity index (χ4v) is 3.04. The Balaban J connectivity index is 2.19. The number of rotatable bonds is 3. The molecule has 0 aliphatic carbocycles. The lowest BCUT2D eigenvalue weighted by atomic mass is 10.2. The summed E-state index contributed by atoms with van der Waals surface area (Å²) in [6, 6.07) is 1.33. The van der Waals surface area contributed by atoms with Gasteiger partial charge in [-0.15, -0.1) is 11.3 Å². The molecule has 0 radical (unpaired) electrons. The van der Waals surface area contributed by atoms with E-state index >= 15 is 0 Å². The maximum atomic E-state index is 12.2. The third-order valence-electron chi connectivity index (χ3n) is 2.80. The number of pyridine rings is 1. The lowest BCUT2D eigenvalue weighted by Gasteiger charge is -2.13. The van der Waals surface area contributed by atoms with Crippen LogP contribution in [-0.4, -0.2) is 15.9 Å². The maximum Gasteiger partial charge on any atom is 0.253 e. The SMILES string of the molecule is Cc1nc(C)c(C(C)NC(=O)c2cc(N)ncc2Cl)s1. The van der Waals surface area contributed by atoms with Crippen molar-refractivity contribution in [1.29, 1.82) is 0 Å². The monoisotopic (exact) mass is 310 g/mol. The molecule has 20 heavy (non-hydrogen) atoms. The molecule has 1 unspecified atom stereocenters. The number of halogens is 1. The molecule has 0 spiro atoms. The van der Waals surface area contributed by atoms with E-state index in [9.17, 15) is 4.79 Å². The van der Waals surface area contributed by atoms with Gasteiger partial charge in [0, 0.05) is 11.1 Å². The summed E-state index contributed by atoms with van der Waals surface area (Å²) in [6.45, 7) is 5.78. The first-order valence-corrected chi connectivity index (χ1v) is 7.23. The van der Waals surface area contributed by atoms with Crippen LogP contribution in [0.25, 0.3) is 0 Å². The lowest BCUT2D eigenvalue weighted by Crippen LogP contribution is -2.27. The average molecular weight is 311 g/mol. The summed E-state index contributed by atoms with van der Waals surface area (Å²) >= 11 is 7.54. The summed E-state index contributed by atoms with van der Waals surface area (Å²) in [5.74, 6) is -0.0147. The Kier molecular flexibility index (Phi) is 4.25. The number of nitrogens with zero attached hydrogens (tertiary/aromatic N) is 2. The van der Waals surface area contributed by atoms with Crippen LogP contribution in [0.5, 0.6) is 0 Å². The molecule has 0 aromatic carbocycles. The number of nitrogens with two attached hydrogens (primary N) is 1. The molecule has 0 fully saturated rings. The van der Waals surface area contributed by atoms with Gasteiger partial charge in [0.25, 0.3) is 5.91 Å². The topological polar surface area (TPSA) is 80.9 Å². The molecule has 0 saturated heterocycles. The van der Waals surface area contributed by atoms with E-state index in [1.807, 2.05) is 20.8 Å². The molecule has 0 aliphatic heterocycles. The van der Waals surface area contributed by atoms with Gasteiger partial charge in [-0.1, -0.05) is 11.6 Å². The third kappa shape index (κ3) is 3.08. The molecule has 2 aromatic heterocycles. The van der Waals surface area contributed by atoms with Crippen LogP contribution in [0.2, 0.25) is 5.02 Å². The molecule has 2 rings (SSSR count). The smallest absolute Gasteiger partial charge is 0.253 e. The molecular formula is C13H15ClN4OS. The number of aryl methyl sites for hydroxylation is 2. The van der Waals surface area contributed by atoms with Gasteiger partial charge in [-0.3, -0.25) is 4.79 Å². The second-order valence-corrected chi connectivity index (χ2v) is 6.11. The maximum absolute atomic E-state index is 12.2. The molecule has 2 aromatic rings. The fourth-order valence-electron chi connectivity index (χ4n) is 1.92. The van der Waals surface area contributed by atoms with Crippen molar-refractivity contribution in [3.05, 3.63) is 38.4 Å². The summed E-state index contributed by atoms with van der Waals surface area (Å²) in [5.41, 5.74) is 6.83. The van der Waals surface area contributed by atoms with Crippen molar-refractivity contribution < 1.29 is 4.79 Å². The Bertz CT molecular complexity index is 656. The standard InChI is InChI=1S/C13H15ClN4OS/c1-6-12(20-8(3)17-6)7(2)18-13(19)9-4-11(15)16-5-10(9)14/h4-5,7H,1-3H3,(H2,15,16)(H,18,19). The van der Waals surface area contributed by atoms with Gasteiger partial charge in [0.1, 0.15) is 5.82 Å². The summed E-state index contributed by atoms with van der Waals surface area (Å²) in [6.07, 6.45) is 1.37. The highest BCUT2D eigenvalue weighted by atomic mass is 35.5. The molecule has 0 aliphatic rings. The number of anilines is 1. The Labute approximate surface area is 126 Å². The van der Waals surface area contributed by atoms with Crippen molar-refractivity contribution in [2.45, 2.75) is 26.8 Å². The first-order chi connectivity index (χ1) is 9.38. The van der Waals surface area contributed by atoms with E-state index in [0.717, 1.165) is 15.6 Å². The molecule has 0 bridgehead atoms. The molecule has 2 heterocycles. The van der Waals surface area contributed by atoms with Gasteiger partial charge in [0.05, 0.1) is 27.3 Å². The van der Waals surface area contributed by atoms with E-state index in [0.29, 0.717) is 5.56 Å². The molecule has 5 nitrogen and oxygen atoms in total. The predicted molar refractivity (Wildman–Crippen MR) is 81.1 cm³/mol. The highest BCUT2D eigenvalue weighted by Crippen LogP contribution is 2.25. The zero-order valence-electron chi connectivity index (χ0n) is 11.4. The van der Waals surface area contributed by atoms with Crippen LogP contribution in [0.15, 0.2) is 12.3 Å². The number of hydrogen-bond acceptors (Lipinski definition) is 5. The van der Waals surface area contributed by atoms with Gasteiger partial charge in [-0.25, -0.2) is 9.97 Å². The van der Waals surface area contributed by atoms with Crippen molar-refractivity contribution in [3.63, 3.8) is 0 Å². The van der Waals surface area contributed by atoms with Crippen LogP contribution in [0.1, 0.15) is 38.9 Å². The summed E-state index contributed by atoms with van der Waals surface area (Å²) in [4.78, 5) is 21.5. The van der Waals surface area contributed by atoms with Crippen molar-refractivity contribution >= 4 is 34.7 Å². The summed E-state index contributed by atoms with van der Waals surface area (Å²) < 4.78 is 0. The van der Waals surface area contributed by atoms with Crippen molar-refractivity contribution in [3.8, 4) is 0 Å². The van der Waals surface area contributed by atoms with Crippen LogP contribution in [0, 0.1) is 13.8 Å². The predicted octanol–water partition coefficient (Wildman–Crippen LogP) is 2.88. The molecular weight excluding hydrogens is 296 g/mol. The van der Waals surface area contributed by atoms with Crippen LogP contribution in [-0.2, 0) is 0 Å². The van der Waals surface area contributed by atoms with E-state index in [1.165, 1.54) is 12.3 Å². The van der Waals surface area contributed by atoms with Crippen LogP contribution in [0.3, 0.4) is 0 Å². The first kappa shape index (κ1) is 14.7. The van der Waals surface area contributed by atoms with E-state index in [1.54, 1.807) is 11.3 Å². The van der Waals surface area contributed by atoms with Gasteiger partial charge in [0.15, 0.2) is 0 Å². The van der Waals surface area contributed by atoms with Crippen molar-refractivity contribution in [2.24, 2.45) is 0 Å². The highest BCUT2D eigenvalue weighted by Gasteiger charge is 2.18. The number of carbonyl (C=O) groups is 1. The quantitative estimate of drug-likeness (QED) is 0.913. The molecule has 3 N–H and O–H groups in total. The number of amides is 1. The largest absolute Gasteiger partial charge is 0.384 e. The van der Waals surface area contributed by atoms with Crippen LogP contribution >= 0.6 is 22.9 Å². The number of nitrogens with one attached hydrogen (secondary N) is 1. The Morgan fingerprint density at radius 2 is 2.20 bits per heavy atom. The van der Waals surface area contributed by atoms with Crippen LogP contribution in [0.4, 0.5) is 5.82 Å². The normalized spacial score (nSPS) is 12.2. The minimum Gasteiger partial charge on any atom is -0.384 e. The van der Waals surface area contributed by atoms with Gasteiger partial charge < -0.3 is 11.1 Å². The lowest BCUT2D eigenvalue weighted by molar-refractivity contribution is 0.0940. The second-order valence-electron chi connectivity index (χ2n) is 4.47. The molecule has 7 heteroatoms. The van der Waals surface area contributed by atoms with Gasteiger partial charge in [0.2, 0.25) is 0 Å². The number of aromatic nitrogens is 2. The van der Waals surface area contributed by atoms with Crippen LogP contribution < -0.4 is 11.1 Å². The first-order valence-electron chi connectivity index (χ1n) is 6.04. The van der Waals surface area contributed by atoms with Gasteiger partial charge >= 0.3 is 0 Å². The highest BCUT2D eigenvalue weighted by molar-refractivity contribution is 7.11. The number of thiazole rings is 1. The zero-order valence-corrected chi connectivity index (χ0v) is 13.0. The Morgan fingerprint density at radius 3 is 2.80 bits per heavy atom. The van der Waals surface area contributed by atoms with Crippen molar-refractivity contribution in [2.75, 3.05) is 5.73 Å². The van der Waals surface area contributed by atoms with E-state index in [-0.39, 0.29) is 22.8 Å². The fraction of sp³-hybridized carbons (Fsp3) is 0.308.